The molecule has 0 aromatic carbocycles. The number of rotatable bonds is 8. The van der Waals surface area contributed by atoms with Crippen molar-refractivity contribution in [2.45, 2.75) is 44.8 Å². The van der Waals surface area contributed by atoms with Gasteiger partial charge in [-0.15, -0.1) is 0 Å². The summed E-state index contributed by atoms with van der Waals surface area (Å²) in [5.74, 6) is 1.72. The molecule has 1 aromatic heterocycles. The zero-order valence-corrected chi connectivity index (χ0v) is 14.0. The lowest BCUT2D eigenvalue weighted by Gasteiger charge is -2.31. The number of nitrogens with zero attached hydrogens (tertiary/aromatic N) is 3. The minimum absolute atomic E-state index is 0.0382. The number of morpholine rings is 1. The Morgan fingerprint density at radius 2 is 2.30 bits per heavy atom. The van der Waals surface area contributed by atoms with Gasteiger partial charge in [-0.05, 0) is 19.3 Å². The Labute approximate surface area is 137 Å². The molecule has 2 saturated heterocycles. The largest absolute Gasteiger partial charge is 0.377 e. The molecule has 2 aliphatic heterocycles. The summed E-state index contributed by atoms with van der Waals surface area (Å²) in [5, 5.41) is 7.31. The lowest BCUT2D eigenvalue weighted by molar-refractivity contribution is -0.0467. The van der Waals surface area contributed by atoms with Gasteiger partial charge in [-0.3, -0.25) is 10.00 Å². The van der Waals surface area contributed by atoms with Gasteiger partial charge >= 0.3 is 0 Å². The topological polar surface area (TPSA) is 72.5 Å². The van der Waals surface area contributed by atoms with E-state index in [9.17, 15) is 0 Å². The molecule has 1 N–H and O–H groups in total. The van der Waals surface area contributed by atoms with Crippen molar-refractivity contribution in [3.8, 4) is 0 Å². The van der Waals surface area contributed by atoms with E-state index < -0.39 is 0 Å². The van der Waals surface area contributed by atoms with Crippen molar-refractivity contribution < 1.29 is 14.2 Å². The molecule has 7 heteroatoms. The molecular formula is C16H28N4O3. The molecule has 23 heavy (non-hydrogen) atoms. The summed E-state index contributed by atoms with van der Waals surface area (Å²) in [5.41, 5.74) is 0. The number of aromatic nitrogens is 3. The number of H-pyrrole nitrogens is 1. The van der Waals surface area contributed by atoms with Gasteiger partial charge in [0.05, 0.1) is 25.9 Å². The van der Waals surface area contributed by atoms with Gasteiger partial charge in [-0.2, -0.15) is 5.10 Å². The van der Waals surface area contributed by atoms with Crippen LogP contribution in [0.5, 0.6) is 0 Å². The third-order valence-corrected chi connectivity index (χ3v) is 4.35. The Morgan fingerprint density at radius 3 is 3.13 bits per heavy atom. The molecular weight excluding hydrogens is 296 g/mol. The van der Waals surface area contributed by atoms with Crippen LogP contribution < -0.4 is 0 Å². The first-order chi connectivity index (χ1) is 11.3. The highest BCUT2D eigenvalue weighted by Crippen LogP contribution is 2.19. The van der Waals surface area contributed by atoms with Gasteiger partial charge in [-0.1, -0.05) is 6.92 Å². The van der Waals surface area contributed by atoms with Crippen LogP contribution in [0.1, 0.15) is 43.9 Å². The molecule has 130 valence electrons. The normalized spacial score (nSPS) is 26.0. The molecule has 0 bridgehead atoms. The SMILES string of the molecule is CCCc1nc([C@@H]2CN(CCOC[C@H]3CCCO3)CCO2)n[nH]1. The van der Waals surface area contributed by atoms with Crippen LogP contribution in [0, 0.1) is 0 Å². The van der Waals surface area contributed by atoms with Crippen LogP contribution in [-0.4, -0.2) is 72.2 Å². The summed E-state index contributed by atoms with van der Waals surface area (Å²) >= 11 is 0. The lowest BCUT2D eigenvalue weighted by Crippen LogP contribution is -2.40. The highest BCUT2D eigenvalue weighted by Gasteiger charge is 2.25. The van der Waals surface area contributed by atoms with Gasteiger partial charge in [0.1, 0.15) is 11.9 Å². The molecule has 2 fully saturated rings. The van der Waals surface area contributed by atoms with E-state index in [1.807, 2.05) is 0 Å². The molecule has 0 saturated carbocycles. The maximum absolute atomic E-state index is 5.83. The van der Waals surface area contributed by atoms with Gasteiger partial charge in [0.25, 0.3) is 0 Å². The minimum Gasteiger partial charge on any atom is -0.377 e. The first kappa shape index (κ1) is 16.8. The van der Waals surface area contributed by atoms with Crippen LogP contribution in [0.25, 0.3) is 0 Å². The van der Waals surface area contributed by atoms with Crippen molar-refractivity contribution in [3.63, 3.8) is 0 Å². The maximum atomic E-state index is 5.83. The molecule has 1 aromatic rings. The molecule has 0 radical (unpaired) electrons. The predicted molar refractivity (Wildman–Crippen MR) is 85.3 cm³/mol. The predicted octanol–water partition coefficient (Wildman–Crippen LogP) is 1.33. The summed E-state index contributed by atoms with van der Waals surface area (Å²) in [4.78, 5) is 6.90. The average molecular weight is 324 g/mol. The Balaban J connectivity index is 1.38. The van der Waals surface area contributed by atoms with Crippen molar-refractivity contribution in [3.05, 3.63) is 11.6 Å². The number of hydrogen-bond donors (Lipinski definition) is 1. The van der Waals surface area contributed by atoms with Crippen LogP contribution in [0.4, 0.5) is 0 Å². The standard InChI is InChI=1S/C16H28N4O3/c1-2-4-15-17-16(19-18-15)14-11-20(7-10-23-14)6-9-21-12-13-5-3-8-22-13/h13-14H,2-12H2,1H3,(H,17,18,19)/t13-,14+/m1/s1. The molecule has 3 rings (SSSR count). The summed E-state index contributed by atoms with van der Waals surface area (Å²) in [7, 11) is 0. The van der Waals surface area contributed by atoms with Gasteiger partial charge < -0.3 is 14.2 Å². The van der Waals surface area contributed by atoms with Gasteiger partial charge in [-0.25, -0.2) is 4.98 Å². The Morgan fingerprint density at radius 1 is 1.35 bits per heavy atom. The number of aromatic amines is 1. The minimum atomic E-state index is -0.0382. The maximum Gasteiger partial charge on any atom is 0.180 e. The first-order valence-electron chi connectivity index (χ1n) is 8.79. The van der Waals surface area contributed by atoms with Crippen molar-refractivity contribution in [1.82, 2.24) is 20.1 Å². The van der Waals surface area contributed by atoms with Crippen molar-refractivity contribution in [2.24, 2.45) is 0 Å². The van der Waals surface area contributed by atoms with Crippen LogP contribution in [0.15, 0.2) is 0 Å². The summed E-state index contributed by atoms with van der Waals surface area (Å²) in [6.45, 7) is 7.87. The zero-order chi connectivity index (χ0) is 15.9. The Bertz CT molecular complexity index is 462. The quantitative estimate of drug-likeness (QED) is 0.727. The third-order valence-electron chi connectivity index (χ3n) is 4.35. The molecule has 0 aliphatic carbocycles. The van der Waals surface area contributed by atoms with E-state index in [1.54, 1.807) is 0 Å². The zero-order valence-electron chi connectivity index (χ0n) is 14.0. The van der Waals surface area contributed by atoms with Crippen LogP contribution in [0.2, 0.25) is 0 Å². The fourth-order valence-corrected chi connectivity index (χ4v) is 3.05. The third kappa shape index (κ3) is 4.97. The molecule has 0 spiro atoms. The van der Waals surface area contributed by atoms with Crippen LogP contribution >= 0.6 is 0 Å². The lowest BCUT2D eigenvalue weighted by atomic mass is 10.2. The smallest absolute Gasteiger partial charge is 0.180 e. The molecule has 3 heterocycles. The van der Waals surface area contributed by atoms with Crippen molar-refractivity contribution in [2.75, 3.05) is 46.1 Å². The van der Waals surface area contributed by atoms with E-state index in [1.165, 1.54) is 0 Å². The fraction of sp³-hybridized carbons (Fsp3) is 0.875. The summed E-state index contributed by atoms with van der Waals surface area (Å²) < 4.78 is 17.1. The van der Waals surface area contributed by atoms with E-state index in [0.717, 1.165) is 76.8 Å². The molecule has 7 nitrogen and oxygen atoms in total. The van der Waals surface area contributed by atoms with Crippen LogP contribution in [-0.2, 0) is 20.6 Å². The second kappa shape index (κ2) is 8.73. The molecule has 2 atom stereocenters. The van der Waals surface area contributed by atoms with Crippen LogP contribution in [0.3, 0.4) is 0 Å². The van der Waals surface area contributed by atoms with Gasteiger partial charge in [0.2, 0.25) is 0 Å². The van der Waals surface area contributed by atoms with Gasteiger partial charge in [0, 0.05) is 32.7 Å². The van der Waals surface area contributed by atoms with E-state index in [-0.39, 0.29) is 6.10 Å². The monoisotopic (exact) mass is 324 g/mol. The van der Waals surface area contributed by atoms with E-state index in [0.29, 0.717) is 12.7 Å². The molecule has 0 unspecified atom stereocenters. The Kier molecular flexibility index (Phi) is 6.38. The average Bonchev–Trinajstić information content (AvgIpc) is 3.24. The fourth-order valence-electron chi connectivity index (χ4n) is 3.05. The Hall–Kier alpha value is -1.02. The van der Waals surface area contributed by atoms with E-state index in [4.69, 9.17) is 14.2 Å². The second-order valence-corrected chi connectivity index (χ2v) is 6.26. The highest BCUT2D eigenvalue weighted by atomic mass is 16.5. The number of ether oxygens (including phenoxy) is 3. The number of hydrogen-bond acceptors (Lipinski definition) is 6. The van der Waals surface area contributed by atoms with Gasteiger partial charge in [0.15, 0.2) is 5.82 Å². The van der Waals surface area contributed by atoms with Crippen molar-refractivity contribution >= 4 is 0 Å². The summed E-state index contributed by atoms with van der Waals surface area (Å²) in [6, 6.07) is 0. The van der Waals surface area contributed by atoms with E-state index >= 15 is 0 Å². The highest BCUT2D eigenvalue weighted by molar-refractivity contribution is 4.96. The summed E-state index contributed by atoms with van der Waals surface area (Å²) in [6.07, 6.45) is 4.55. The van der Waals surface area contributed by atoms with E-state index in [2.05, 4.69) is 27.0 Å². The molecule has 0 amide bonds. The molecule has 2 aliphatic rings. The number of nitrogens with one attached hydrogen (secondary N) is 1. The first-order valence-corrected chi connectivity index (χ1v) is 8.79. The second-order valence-electron chi connectivity index (χ2n) is 6.26. The van der Waals surface area contributed by atoms with Crippen molar-refractivity contribution in [1.29, 1.82) is 0 Å². The number of aryl methyl sites for hydroxylation is 1.